The van der Waals surface area contributed by atoms with Crippen molar-refractivity contribution in [3.63, 3.8) is 0 Å². The van der Waals surface area contributed by atoms with Gasteiger partial charge in [0, 0.05) is 5.69 Å². The first kappa shape index (κ1) is 17.0. The molecule has 3 rings (SSSR count). The summed E-state index contributed by atoms with van der Waals surface area (Å²) in [5.41, 5.74) is 6.45. The van der Waals surface area contributed by atoms with E-state index < -0.39 is 26.6 Å². The van der Waals surface area contributed by atoms with Crippen LogP contribution >= 0.6 is 0 Å². The van der Waals surface area contributed by atoms with Gasteiger partial charge in [0.15, 0.2) is 0 Å². The Morgan fingerprint density at radius 2 is 1.56 bits per heavy atom. The maximum Gasteiger partial charge on any atom is 0.247 e. The molecular formula is C19H18N2O3S. The Labute approximate surface area is 146 Å². The van der Waals surface area contributed by atoms with Crippen molar-refractivity contribution in [1.29, 1.82) is 0 Å². The summed E-state index contributed by atoms with van der Waals surface area (Å²) in [6.45, 7) is 0. The highest BCUT2D eigenvalue weighted by atomic mass is 32.2. The van der Waals surface area contributed by atoms with Crippen molar-refractivity contribution >= 4 is 21.6 Å². The van der Waals surface area contributed by atoms with Crippen molar-refractivity contribution in [2.24, 2.45) is 11.7 Å². The largest absolute Gasteiger partial charge is 0.369 e. The highest BCUT2D eigenvalue weighted by molar-refractivity contribution is 7.93. The van der Waals surface area contributed by atoms with Crippen LogP contribution in [0.1, 0.15) is 5.56 Å². The third-order valence-corrected chi connectivity index (χ3v) is 6.24. The van der Waals surface area contributed by atoms with Crippen LogP contribution in [0.4, 0.5) is 5.69 Å². The Bertz CT molecular complexity index is 922. The van der Waals surface area contributed by atoms with Crippen molar-refractivity contribution < 1.29 is 13.2 Å². The summed E-state index contributed by atoms with van der Waals surface area (Å²) in [4.78, 5) is 12.1. The highest BCUT2D eigenvalue weighted by Crippen LogP contribution is 2.43. The van der Waals surface area contributed by atoms with E-state index in [2.05, 4.69) is 4.72 Å². The number of amides is 1. The predicted octanol–water partition coefficient (Wildman–Crippen LogP) is 2.55. The van der Waals surface area contributed by atoms with Gasteiger partial charge in [0.1, 0.15) is 4.75 Å². The van der Waals surface area contributed by atoms with Crippen LogP contribution in [-0.2, 0) is 19.6 Å². The van der Waals surface area contributed by atoms with Gasteiger partial charge in [-0.3, -0.25) is 9.52 Å². The van der Waals surface area contributed by atoms with Crippen molar-refractivity contribution in [1.82, 2.24) is 0 Å². The number of hydrogen-bond donors (Lipinski definition) is 2. The fourth-order valence-corrected chi connectivity index (χ4v) is 4.91. The molecule has 0 fully saturated rings. The molecule has 1 amide bonds. The molecule has 0 saturated heterocycles. The van der Waals surface area contributed by atoms with Crippen LogP contribution in [-0.4, -0.2) is 14.3 Å². The Morgan fingerprint density at radius 1 is 0.960 bits per heavy atom. The molecule has 128 valence electrons. The fraction of sp³-hybridized carbons (Fsp3) is 0.105. The molecule has 0 aromatic heterocycles. The predicted molar refractivity (Wildman–Crippen MR) is 98.1 cm³/mol. The van der Waals surface area contributed by atoms with Crippen LogP contribution in [0.5, 0.6) is 0 Å². The Kier molecular flexibility index (Phi) is 4.46. The summed E-state index contributed by atoms with van der Waals surface area (Å²) in [6.07, 6.45) is 6.30. The number of nitrogens with two attached hydrogens (primary N) is 1. The summed E-state index contributed by atoms with van der Waals surface area (Å²) in [5.74, 6) is -1.73. The number of carbonyl (C=O) groups excluding carboxylic acids is 1. The molecule has 1 aliphatic rings. The average Bonchev–Trinajstić information content (AvgIpc) is 2.62. The van der Waals surface area contributed by atoms with Gasteiger partial charge in [-0.2, -0.15) is 0 Å². The van der Waals surface area contributed by atoms with Crippen LogP contribution < -0.4 is 10.5 Å². The molecule has 0 aliphatic heterocycles. The molecule has 2 unspecified atom stereocenters. The lowest BCUT2D eigenvalue weighted by molar-refractivity contribution is -0.121. The van der Waals surface area contributed by atoms with Crippen LogP contribution in [0, 0.1) is 5.92 Å². The van der Waals surface area contributed by atoms with Gasteiger partial charge >= 0.3 is 0 Å². The number of hydrogen-bond acceptors (Lipinski definition) is 3. The van der Waals surface area contributed by atoms with E-state index in [4.69, 9.17) is 5.73 Å². The third kappa shape index (κ3) is 2.96. The first-order valence-electron chi connectivity index (χ1n) is 7.76. The zero-order valence-electron chi connectivity index (χ0n) is 13.4. The summed E-state index contributed by atoms with van der Waals surface area (Å²) in [7, 11) is -4.03. The standard InChI is InChI=1S/C19H18N2O3S/c20-18(22)17-13-7-8-14-19(17,15-9-3-1-4-10-15)25(23,24)21-16-11-5-2-6-12-16/h1-14,17,21H,(H2,20,22). The minimum atomic E-state index is -4.03. The lowest BCUT2D eigenvalue weighted by Crippen LogP contribution is -2.49. The molecule has 3 N–H and O–H groups in total. The van der Waals surface area contributed by atoms with Crippen molar-refractivity contribution in [3.8, 4) is 0 Å². The van der Waals surface area contributed by atoms with Crippen LogP contribution in [0.2, 0.25) is 0 Å². The fourth-order valence-electron chi connectivity index (χ4n) is 3.06. The number of rotatable bonds is 5. The number of nitrogens with one attached hydrogen (secondary N) is 1. The number of benzene rings is 2. The minimum absolute atomic E-state index is 0.420. The molecule has 0 radical (unpaired) electrons. The van der Waals surface area contributed by atoms with E-state index in [1.165, 1.54) is 12.2 Å². The molecule has 2 aromatic rings. The summed E-state index contributed by atoms with van der Waals surface area (Å²) in [6, 6.07) is 17.2. The third-order valence-electron chi connectivity index (χ3n) is 4.22. The van der Waals surface area contributed by atoms with Gasteiger partial charge < -0.3 is 5.73 Å². The first-order chi connectivity index (χ1) is 12.0. The first-order valence-corrected chi connectivity index (χ1v) is 9.24. The average molecular weight is 354 g/mol. The summed E-state index contributed by atoms with van der Waals surface area (Å²) in [5, 5.41) is 0. The van der Waals surface area contributed by atoms with Gasteiger partial charge in [-0.25, -0.2) is 8.42 Å². The van der Waals surface area contributed by atoms with Gasteiger partial charge in [-0.1, -0.05) is 72.8 Å². The van der Waals surface area contributed by atoms with Crippen molar-refractivity contribution in [2.75, 3.05) is 4.72 Å². The molecule has 2 atom stereocenters. The molecule has 0 spiro atoms. The topological polar surface area (TPSA) is 89.3 Å². The SMILES string of the molecule is NC(=O)C1C=CC=CC1(c1ccccc1)S(=O)(=O)Nc1ccccc1. The molecule has 0 heterocycles. The lowest BCUT2D eigenvalue weighted by atomic mass is 9.81. The Balaban J connectivity index is 2.20. The second kappa shape index (κ2) is 6.57. The van der Waals surface area contributed by atoms with Gasteiger partial charge in [0.25, 0.3) is 0 Å². The molecule has 0 bridgehead atoms. The van der Waals surface area contributed by atoms with E-state index >= 15 is 0 Å². The quantitative estimate of drug-likeness (QED) is 0.865. The number of anilines is 1. The highest BCUT2D eigenvalue weighted by Gasteiger charge is 2.52. The van der Waals surface area contributed by atoms with E-state index in [1.807, 2.05) is 0 Å². The maximum atomic E-state index is 13.4. The molecule has 5 nitrogen and oxygen atoms in total. The number of para-hydroxylation sites is 1. The Hall–Kier alpha value is -2.86. The van der Waals surface area contributed by atoms with E-state index in [1.54, 1.807) is 72.8 Å². The van der Waals surface area contributed by atoms with Crippen LogP contribution in [0.25, 0.3) is 0 Å². The smallest absolute Gasteiger partial charge is 0.247 e. The monoisotopic (exact) mass is 354 g/mol. The molecule has 25 heavy (non-hydrogen) atoms. The van der Waals surface area contributed by atoms with E-state index in [-0.39, 0.29) is 0 Å². The second-order valence-electron chi connectivity index (χ2n) is 5.75. The number of carbonyl (C=O) groups is 1. The molecule has 6 heteroatoms. The number of sulfonamides is 1. The maximum absolute atomic E-state index is 13.4. The van der Waals surface area contributed by atoms with Crippen molar-refractivity contribution in [2.45, 2.75) is 4.75 Å². The van der Waals surface area contributed by atoms with E-state index in [0.29, 0.717) is 11.3 Å². The lowest BCUT2D eigenvalue weighted by Gasteiger charge is -2.36. The summed E-state index contributed by atoms with van der Waals surface area (Å²) >= 11 is 0. The zero-order valence-corrected chi connectivity index (χ0v) is 14.2. The second-order valence-corrected chi connectivity index (χ2v) is 7.64. The van der Waals surface area contributed by atoms with Crippen molar-refractivity contribution in [3.05, 3.63) is 90.5 Å². The molecule has 1 aliphatic carbocycles. The molecular weight excluding hydrogens is 336 g/mol. The van der Waals surface area contributed by atoms with E-state index in [9.17, 15) is 13.2 Å². The molecule has 2 aromatic carbocycles. The Morgan fingerprint density at radius 3 is 2.16 bits per heavy atom. The van der Waals surface area contributed by atoms with Gasteiger partial charge in [-0.15, -0.1) is 0 Å². The van der Waals surface area contributed by atoms with Crippen LogP contribution in [0.15, 0.2) is 85.0 Å². The number of allylic oxidation sites excluding steroid dienone is 2. The number of primary amides is 1. The molecule has 0 saturated carbocycles. The minimum Gasteiger partial charge on any atom is -0.369 e. The van der Waals surface area contributed by atoms with Gasteiger partial charge in [0.2, 0.25) is 15.9 Å². The normalized spacial score (nSPS) is 22.5. The van der Waals surface area contributed by atoms with E-state index in [0.717, 1.165) is 0 Å². The van der Waals surface area contributed by atoms with Gasteiger partial charge in [-0.05, 0) is 17.7 Å². The van der Waals surface area contributed by atoms with Crippen LogP contribution in [0.3, 0.4) is 0 Å². The van der Waals surface area contributed by atoms with Gasteiger partial charge in [0.05, 0.1) is 5.92 Å². The zero-order chi connectivity index (χ0) is 17.9. The summed E-state index contributed by atoms with van der Waals surface area (Å²) < 4.78 is 27.7.